The Bertz CT molecular complexity index is 821. The van der Waals surface area contributed by atoms with E-state index in [0.29, 0.717) is 36.1 Å². The first-order valence-corrected chi connectivity index (χ1v) is 8.51. The zero-order chi connectivity index (χ0) is 16.4. The number of carbonyl (C=O) groups excluding carboxylic acids is 1. The quantitative estimate of drug-likeness (QED) is 0.764. The molecular weight excluding hydrogens is 328 g/mol. The van der Waals surface area contributed by atoms with Gasteiger partial charge in [-0.2, -0.15) is 0 Å². The number of hydrogen-bond acceptors (Lipinski definition) is 6. The molecule has 1 aliphatic heterocycles. The van der Waals surface area contributed by atoms with Gasteiger partial charge in [0.15, 0.2) is 0 Å². The minimum atomic E-state index is -0.436. The number of hydrogen-bond donors (Lipinski definition) is 1. The average Bonchev–Trinajstić information content (AvgIpc) is 3.33. The number of aromatic nitrogens is 3. The number of amides is 1. The predicted octanol–water partition coefficient (Wildman–Crippen LogP) is 1.81. The van der Waals surface area contributed by atoms with Crippen molar-refractivity contribution >= 4 is 22.9 Å². The van der Waals surface area contributed by atoms with Gasteiger partial charge in [0.25, 0.3) is 5.91 Å². The van der Waals surface area contributed by atoms with Gasteiger partial charge in [0.05, 0.1) is 25.1 Å². The zero-order valence-corrected chi connectivity index (χ0v) is 13.7. The van der Waals surface area contributed by atoms with Crippen molar-refractivity contribution in [2.24, 2.45) is 0 Å². The van der Waals surface area contributed by atoms with E-state index in [-0.39, 0.29) is 5.91 Å². The van der Waals surface area contributed by atoms with Gasteiger partial charge in [-0.05, 0) is 12.1 Å². The van der Waals surface area contributed by atoms with Crippen LogP contribution < -0.4 is 5.32 Å². The van der Waals surface area contributed by atoms with Crippen LogP contribution in [0.3, 0.4) is 0 Å². The van der Waals surface area contributed by atoms with Gasteiger partial charge < -0.3 is 19.2 Å². The molecule has 0 unspecified atom stereocenters. The molecule has 0 aromatic carbocycles. The maximum atomic E-state index is 12.2. The van der Waals surface area contributed by atoms with Crippen LogP contribution in [-0.2, 0) is 15.9 Å². The highest BCUT2D eigenvalue weighted by Gasteiger charge is 2.23. The molecule has 0 saturated carbocycles. The molecule has 3 aromatic rings. The normalized spacial score (nSPS) is 15.2. The third-order valence-corrected chi connectivity index (χ3v) is 4.67. The van der Waals surface area contributed by atoms with Gasteiger partial charge >= 0.3 is 0 Å². The maximum absolute atomic E-state index is 12.2. The van der Waals surface area contributed by atoms with Gasteiger partial charge in [-0.1, -0.05) is 6.07 Å². The summed E-state index contributed by atoms with van der Waals surface area (Å²) < 4.78 is 12.7. The van der Waals surface area contributed by atoms with Crippen LogP contribution in [0, 0.1) is 0 Å². The molecule has 0 bridgehead atoms. The van der Waals surface area contributed by atoms with Gasteiger partial charge in [0, 0.05) is 25.4 Å². The Morgan fingerprint density at radius 1 is 1.38 bits per heavy atom. The fourth-order valence-corrected chi connectivity index (χ4v) is 3.33. The van der Waals surface area contributed by atoms with E-state index in [1.165, 1.54) is 11.3 Å². The summed E-state index contributed by atoms with van der Waals surface area (Å²) in [5, 5.41) is 3.57. The van der Waals surface area contributed by atoms with Crippen LogP contribution in [0.1, 0.15) is 26.7 Å². The van der Waals surface area contributed by atoms with E-state index < -0.39 is 6.29 Å². The Morgan fingerprint density at radius 3 is 3.08 bits per heavy atom. The van der Waals surface area contributed by atoms with Crippen molar-refractivity contribution in [2.75, 3.05) is 19.8 Å². The second kappa shape index (κ2) is 6.68. The summed E-state index contributed by atoms with van der Waals surface area (Å²) in [7, 11) is 0. The number of pyridine rings is 1. The standard InChI is InChI=1S/C16H16N4O3S/c21-14(12-9-18-15(24-12)16-22-7-8-23-16)17-5-4-11-10-20-6-2-1-3-13(20)19-11/h1-3,6,9-10,16H,4-5,7-8H2,(H,17,21). The summed E-state index contributed by atoms with van der Waals surface area (Å²) in [6, 6.07) is 5.86. The number of imidazole rings is 1. The zero-order valence-electron chi connectivity index (χ0n) is 12.8. The number of thiazole rings is 1. The van der Waals surface area contributed by atoms with Crippen LogP contribution >= 0.6 is 11.3 Å². The van der Waals surface area contributed by atoms with E-state index in [4.69, 9.17) is 9.47 Å². The lowest BCUT2D eigenvalue weighted by molar-refractivity contribution is -0.0442. The average molecular weight is 344 g/mol. The van der Waals surface area contributed by atoms with Crippen molar-refractivity contribution in [3.05, 3.63) is 52.4 Å². The number of nitrogens with one attached hydrogen (secondary N) is 1. The fraction of sp³-hybridized carbons (Fsp3) is 0.312. The van der Waals surface area contributed by atoms with E-state index in [0.717, 1.165) is 11.3 Å². The molecule has 4 rings (SSSR count). The lowest BCUT2D eigenvalue weighted by Gasteiger charge is -2.03. The van der Waals surface area contributed by atoms with Gasteiger partial charge in [-0.25, -0.2) is 9.97 Å². The third kappa shape index (κ3) is 3.16. The molecule has 1 amide bonds. The largest absolute Gasteiger partial charge is 0.351 e. The Kier molecular flexibility index (Phi) is 4.24. The van der Waals surface area contributed by atoms with Crippen molar-refractivity contribution < 1.29 is 14.3 Å². The number of ether oxygens (including phenoxy) is 2. The Balaban J connectivity index is 1.33. The summed E-state index contributed by atoms with van der Waals surface area (Å²) >= 11 is 1.30. The van der Waals surface area contributed by atoms with Gasteiger partial charge in [0.2, 0.25) is 6.29 Å². The first-order valence-electron chi connectivity index (χ1n) is 7.69. The molecule has 8 heteroatoms. The van der Waals surface area contributed by atoms with E-state index in [9.17, 15) is 4.79 Å². The van der Waals surface area contributed by atoms with Crippen molar-refractivity contribution in [2.45, 2.75) is 12.7 Å². The molecule has 1 fully saturated rings. The second-order valence-electron chi connectivity index (χ2n) is 5.34. The van der Waals surface area contributed by atoms with Crippen LogP contribution in [0.4, 0.5) is 0 Å². The molecule has 1 N–H and O–H groups in total. The Morgan fingerprint density at radius 2 is 2.25 bits per heavy atom. The lowest BCUT2D eigenvalue weighted by Crippen LogP contribution is -2.24. The van der Waals surface area contributed by atoms with Crippen LogP contribution in [0.2, 0.25) is 0 Å². The molecule has 124 valence electrons. The monoisotopic (exact) mass is 344 g/mol. The summed E-state index contributed by atoms with van der Waals surface area (Å²) in [5.41, 5.74) is 1.85. The van der Waals surface area contributed by atoms with Crippen LogP contribution in [0.15, 0.2) is 36.8 Å². The predicted molar refractivity (Wildman–Crippen MR) is 88.0 cm³/mol. The van der Waals surface area contributed by atoms with E-state index >= 15 is 0 Å². The van der Waals surface area contributed by atoms with Crippen molar-refractivity contribution in [3.63, 3.8) is 0 Å². The van der Waals surface area contributed by atoms with Crippen molar-refractivity contribution in [1.82, 2.24) is 19.7 Å². The van der Waals surface area contributed by atoms with Gasteiger partial charge in [0.1, 0.15) is 15.5 Å². The first-order chi connectivity index (χ1) is 11.8. The number of rotatable bonds is 5. The summed E-state index contributed by atoms with van der Waals surface area (Å²) in [4.78, 5) is 21.5. The Labute approximate surface area is 142 Å². The molecular formula is C16H16N4O3S. The summed E-state index contributed by atoms with van der Waals surface area (Å²) in [6.07, 6.45) is 5.73. The van der Waals surface area contributed by atoms with Crippen LogP contribution in [0.25, 0.3) is 5.65 Å². The first kappa shape index (κ1) is 15.3. The maximum Gasteiger partial charge on any atom is 0.263 e. The molecule has 0 atom stereocenters. The molecule has 1 aliphatic rings. The topological polar surface area (TPSA) is 77.8 Å². The smallest absolute Gasteiger partial charge is 0.263 e. The second-order valence-corrected chi connectivity index (χ2v) is 6.40. The minimum absolute atomic E-state index is 0.138. The van der Waals surface area contributed by atoms with Gasteiger partial charge in [-0.15, -0.1) is 11.3 Å². The molecule has 0 spiro atoms. The number of fused-ring (bicyclic) bond motifs is 1. The SMILES string of the molecule is O=C(NCCc1cn2ccccc2n1)c1cnc(C2OCCO2)s1. The van der Waals surface area contributed by atoms with Crippen molar-refractivity contribution in [1.29, 1.82) is 0 Å². The highest BCUT2D eigenvalue weighted by molar-refractivity contribution is 7.13. The highest BCUT2D eigenvalue weighted by atomic mass is 32.1. The van der Waals surface area contributed by atoms with Crippen molar-refractivity contribution in [3.8, 4) is 0 Å². The molecule has 1 saturated heterocycles. The van der Waals surface area contributed by atoms with Gasteiger partial charge in [-0.3, -0.25) is 4.79 Å². The van der Waals surface area contributed by atoms with E-state index in [1.54, 1.807) is 6.20 Å². The molecule has 7 nitrogen and oxygen atoms in total. The Hall–Kier alpha value is -2.29. The van der Waals surface area contributed by atoms with E-state index in [2.05, 4.69) is 15.3 Å². The molecule has 0 radical (unpaired) electrons. The van der Waals surface area contributed by atoms with E-state index in [1.807, 2.05) is 35.0 Å². The van der Waals surface area contributed by atoms with Crippen LogP contribution in [0.5, 0.6) is 0 Å². The fourth-order valence-electron chi connectivity index (χ4n) is 2.50. The minimum Gasteiger partial charge on any atom is -0.351 e. The highest BCUT2D eigenvalue weighted by Crippen LogP contribution is 2.27. The number of carbonyl (C=O) groups is 1. The number of nitrogens with zero attached hydrogens (tertiary/aromatic N) is 3. The molecule has 0 aliphatic carbocycles. The summed E-state index contributed by atoms with van der Waals surface area (Å²) in [5.74, 6) is -0.138. The lowest BCUT2D eigenvalue weighted by atomic mass is 10.3. The molecule has 24 heavy (non-hydrogen) atoms. The van der Waals surface area contributed by atoms with Crippen LogP contribution in [-0.4, -0.2) is 40.0 Å². The molecule has 3 aromatic heterocycles. The molecule has 4 heterocycles. The third-order valence-electron chi connectivity index (χ3n) is 3.65. The summed E-state index contributed by atoms with van der Waals surface area (Å²) in [6.45, 7) is 1.64.